The van der Waals surface area contributed by atoms with Gasteiger partial charge in [-0.05, 0) is 49.2 Å². The number of quaternary nitrogens is 1. The van der Waals surface area contributed by atoms with Crippen molar-refractivity contribution in [2.75, 3.05) is 32.1 Å². The van der Waals surface area contributed by atoms with E-state index < -0.39 is 5.41 Å². The molecule has 4 aliphatic rings. The Balaban J connectivity index is 0.00000289. The first-order chi connectivity index (χ1) is 18.8. The molecule has 0 amide bonds. The van der Waals surface area contributed by atoms with Gasteiger partial charge in [-0.25, -0.2) is 0 Å². The summed E-state index contributed by atoms with van der Waals surface area (Å²) in [5.41, 5.74) is 7.08. The molecular formula is C32H34ClN3O4. The van der Waals surface area contributed by atoms with Crippen LogP contribution in [0.5, 0.6) is 11.5 Å². The summed E-state index contributed by atoms with van der Waals surface area (Å²) in [6, 6.07) is 11.7. The highest BCUT2D eigenvalue weighted by molar-refractivity contribution is 6.10. The zero-order valence-electron chi connectivity index (χ0n) is 23.3. The fourth-order valence-electron chi connectivity index (χ4n) is 8.58. The Bertz CT molecular complexity index is 1670. The van der Waals surface area contributed by atoms with Gasteiger partial charge in [0, 0.05) is 53.7 Å². The maximum atomic E-state index is 14.4. The molecule has 7 nitrogen and oxygen atoms in total. The molecule has 2 bridgehead atoms. The molecule has 8 heteroatoms. The first kappa shape index (κ1) is 26.7. The predicted molar refractivity (Wildman–Crippen MR) is 150 cm³/mol. The summed E-state index contributed by atoms with van der Waals surface area (Å²) in [6.07, 6.45) is 4.82. The van der Waals surface area contributed by atoms with Gasteiger partial charge in [0.2, 0.25) is 5.78 Å². The lowest BCUT2D eigenvalue weighted by atomic mass is 9.61. The van der Waals surface area contributed by atoms with Gasteiger partial charge in [-0.3, -0.25) is 9.59 Å². The fraction of sp³-hybridized carbons (Fsp3) is 0.375. The van der Waals surface area contributed by atoms with Gasteiger partial charge in [-0.1, -0.05) is 18.2 Å². The van der Waals surface area contributed by atoms with Crippen molar-refractivity contribution in [1.82, 2.24) is 4.57 Å². The van der Waals surface area contributed by atoms with Crippen LogP contribution in [0.3, 0.4) is 0 Å². The number of para-hydroxylation sites is 1. The average Bonchev–Trinajstić information content (AvgIpc) is 3.55. The number of benzene rings is 2. The largest absolute Gasteiger partial charge is 1.00 e. The van der Waals surface area contributed by atoms with Gasteiger partial charge >= 0.3 is 0 Å². The van der Waals surface area contributed by atoms with Crippen molar-refractivity contribution in [1.29, 1.82) is 0 Å². The molecule has 4 atom stereocenters. The smallest absolute Gasteiger partial charge is 0.219 e. The lowest BCUT2D eigenvalue weighted by molar-refractivity contribution is -0.934. The number of ether oxygens (including phenoxy) is 1. The maximum Gasteiger partial charge on any atom is 0.219 e. The number of Topliss-reactive ketones (excluding diaryl/α,β-unsaturated/α-hetero) is 1. The van der Waals surface area contributed by atoms with E-state index in [1.165, 1.54) is 5.57 Å². The molecule has 0 saturated carbocycles. The van der Waals surface area contributed by atoms with Crippen molar-refractivity contribution in [3.63, 3.8) is 0 Å². The van der Waals surface area contributed by atoms with Crippen LogP contribution in [0.15, 0.2) is 59.3 Å². The molecule has 2 saturated heterocycles. The van der Waals surface area contributed by atoms with Crippen LogP contribution >= 0.6 is 0 Å². The summed E-state index contributed by atoms with van der Waals surface area (Å²) in [5.74, 6) is 1.12. The molecule has 2 N–H and O–H groups in total. The Morgan fingerprint density at radius 2 is 2.10 bits per heavy atom. The van der Waals surface area contributed by atoms with Gasteiger partial charge in [-0.15, -0.1) is 0 Å². The Morgan fingerprint density at radius 1 is 1.30 bits per heavy atom. The number of phenols is 1. The van der Waals surface area contributed by atoms with E-state index >= 15 is 0 Å². The number of nitrogens with zero attached hydrogens (tertiary/aromatic N) is 2. The number of aryl methyl sites for hydroxylation is 1. The molecule has 3 aliphatic heterocycles. The lowest BCUT2D eigenvalue weighted by Gasteiger charge is -2.53. The number of allylic oxidation sites excluding steroid dienone is 2. The van der Waals surface area contributed by atoms with Crippen molar-refractivity contribution in [2.24, 2.45) is 13.0 Å². The van der Waals surface area contributed by atoms with Crippen molar-refractivity contribution in [2.45, 2.75) is 38.1 Å². The van der Waals surface area contributed by atoms with Gasteiger partial charge in [0.15, 0.2) is 0 Å². The number of methoxy groups -OCH3 is 1. The first-order valence-electron chi connectivity index (χ1n) is 13.8. The van der Waals surface area contributed by atoms with Crippen LogP contribution in [-0.4, -0.2) is 59.0 Å². The van der Waals surface area contributed by atoms with E-state index in [1.807, 2.05) is 45.2 Å². The van der Waals surface area contributed by atoms with E-state index in [9.17, 15) is 14.7 Å². The second-order valence-electron chi connectivity index (χ2n) is 11.7. The van der Waals surface area contributed by atoms with E-state index in [4.69, 9.17) is 4.74 Å². The molecule has 1 spiro atoms. The summed E-state index contributed by atoms with van der Waals surface area (Å²) in [7, 11) is 3.66. The fourth-order valence-corrected chi connectivity index (χ4v) is 8.58. The lowest BCUT2D eigenvalue weighted by Crippen LogP contribution is -3.00. The Labute approximate surface area is 240 Å². The van der Waals surface area contributed by atoms with Crippen LogP contribution in [0.1, 0.15) is 41.4 Å². The summed E-state index contributed by atoms with van der Waals surface area (Å²) in [4.78, 5) is 27.0. The SMILES string of the molecule is C/C=C1/C[N+]2(CC(=O)c3c(C)n(C)c4ccc(OC)cc34)CC[C@]34C(=C(C=O)[C@H]1C[C@@H]32)Nc1c(O)cccc14.[Cl-]. The van der Waals surface area contributed by atoms with Gasteiger partial charge in [0.1, 0.15) is 36.9 Å². The van der Waals surface area contributed by atoms with E-state index in [1.54, 1.807) is 13.2 Å². The van der Waals surface area contributed by atoms with Gasteiger partial charge in [-0.2, -0.15) is 0 Å². The number of aromatic hydroxyl groups is 1. The van der Waals surface area contributed by atoms with E-state index in [2.05, 4.69) is 22.0 Å². The molecule has 208 valence electrons. The van der Waals surface area contributed by atoms with Crippen molar-refractivity contribution in [3.05, 3.63) is 76.1 Å². The van der Waals surface area contributed by atoms with E-state index in [0.717, 1.165) is 77.0 Å². The number of fused-ring (bicyclic) bond motifs is 3. The van der Waals surface area contributed by atoms with Crippen LogP contribution in [-0.2, 0) is 17.3 Å². The van der Waals surface area contributed by atoms with Crippen molar-refractivity contribution >= 4 is 28.7 Å². The second-order valence-corrected chi connectivity index (χ2v) is 11.7. The number of carbonyl (C=O) groups excluding carboxylic acids is 2. The molecule has 7 rings (SSSR count). The number of nitrogens with one attached hydrogen (secondary N) is 1. The third-order valence-electron chi connectivity index (χ3n) is 10.4. The number of carbonyl (C=O) groups is 2. The molecule has 40 heavy (non-hydrogen) atoms. The van der Waals surface area contributed by atoms with Gasteiger partial charge in [0.25, 0.3) is 0 Å². The number of ketones is 1. The minimum atomic E-state index is -0.405. The number of hydrogen-bond donors (Lipinski definition) is 2. The average molecular weight is 560 g/mol. The van der Waals surface area contributed by atoms with Crippen LogP contribution in [0.4, 0.5) is 5.69 Å². The highest BCUT2D eigenvalue weighted by atomic mass is 35.5. The molecule has 1 unspecified atom stereocenters. The molecule has 1 aliphatic carbocycles. The summed E-state index contributed by atoms with van der Waals surface area (Å²) in [6.45, 7) is 6.05. The summed E-state index contributed by atoms with van der Waals surface area (Å²) >= 11 is 0. The second kappa shape index (κ2) is 8.98. The molecule has 1 aromatic heterocycles. The van der Waals surface area contributed by atoms with Gasteiger partial charge < -0.3 is 36.6 Å². The number of hydrogen-bond acceptors (Lipinski definition) is 5. The Kier molecular flexibility index (Phi) is 5.99. The Hall–Kier alpha value is -3.55. The zero-order valence-corrected chi connectivity index (χ0v) is 24.0. The van der Waals surface area contributed by atoms with Crippen molar-refractivity contribution in [3.8, 4) is 11.5 Å². The molecular weight excluding hydrogens is 526 g/mol. The van der Waals surface area contributed by atoms with E-state index in [0.29, 0.717) is 16.7 Å². The van der Waals surface area contributed by atoms with Crippen LogP contribution in [0, 0.1) is 12.8 Å². The topological polar surface area (TPSA) is 80.6 Å². The third kappa shape index (κ3) is 3.16. The van der Waals surface area contributed by atoms with Crippen LogP contribution in [0.2, 0.25) is 0 Å². The normalized spacial score (nSPS) is 28.6. The van der Waals surface area contributed by atoms with Gasteiger partial charge in [0.05, 0.1) is 30.3 Å². The zero-order chi connectivity index (χ0) is 27.3. The monoisotopic (exact) mass is 559 g/mol. The molecule has 3 aromatic rings. The number of halogens is 1. The Morgan fingerprint density at radius 3 is 2.83 bits per heavy atom. The summed E-state index contributed by atoms with van der Waals surface area (Å²) < 4.78 is 8.26. The highest BCUT2D eigenvalue weighted by Crippen LogP contribution is 2.64. The van der Waals surface area contributed by atoms with Crippen LogP contribution in [0.25, 0.3) is 10.9 Å². The molecule has 2 fully saturated rings. The van der Waals surface area contributed by atoms with Crippen LogP contribution < -0.4 is 22.5 Å². The number of aromatic nitrogens is 1. The maximum absolute atomic E-state index is 14.4. The predicted octanol–water partition coefficient (Wildman–Crippen LogP) is 1.77. The molecule has 2 aromatic carbocycles. The highest BCUT2D eigenvalue weighted by Gasteiger charge is 2.69. The number of anilines is 1. The minimum absolute atomic E-state index is 0. The van der Waals surface area contributed by atoms with Crippen molar-refractivity contribution < 1.29 is 36.3 Å². The third-order valence-corrected chi connectivity index (χ3v) is 10.4. The number of piperidine rings is 1. The standard InChI is InChI=1S/C32H33N3O4.ClH/c1-5-19-15-35(16-27(38)29-18(2)34(3)25-10-9-20(39-4)13-22(25)29)12-11-32-24-7-6-8-26(37)30(24)33-31(32)23(17-36)21(19)14-28(32)35;/h5-10,13,17,21,28H,11-12,14-16H2,1-4H3,(H-,33,36,37);1H/b19-5-;/t21-,28-,32+,35?;/m0./s1. The summed E-state index contributed by atoms with van der Waals surface area (Å²) in [5, 5.41) is 15.2. The number of phenolic OH excluding ortho intramolecular Hbond substituents is 1. The molecule has 0 radical (unpaired) electrons. The first-order valence-corrected chi connectivity index (χ1v) is 13.8. The number of rotatable bonds is 5. The van der Waals surface area contributed by atoms with E-state index in [-0.39, 0.29) is 35.9 Å². The molecule has 4 heterocycles. The quantitative estimate of drug-likeness (QED) is 0.164. The number of aldehydes is 1. The minimum Gasteiger partial charge on any atom is -1.00 e.